The van der Waals surface area contributed by atoms with Gasteiger partial charge in [-0.25, -0.2) is 0 Å². The second-order valence-electron chi connectivity index (χ2n) is 5.00. The van der Waals surface area contributed by atoms with E-state index >= 15 is 0 Å². The fourth-order valence-corrected chi connectivity index (χ4v) is 2.52. The van der Waals surface area contributed by atoms with E-state index in [0.717, 1.165) is 12.8 Å². The Morgan fingerprint density at radius 1 is 1.45 bits per heavy atom. The molecule has 0 saturated heterocycles. The molecule has 0 radical (unpaired) electrons. The third-order valence-corrected chi connectivity index (χ3v) is 3.64. The van der Waals surface area contributed by atoms with E-state index in [1.807, 2.05) is 12.1 Å². The number of fused-ring (bicyclic) bond motifs is 1. The molecule has 22 heavy (non-hydrogen) atoms. The number of carbonyl (C=O) groups is 2. The first-order chi connectivity index (χ1) is 10.8. The van der Waals surface area contributed by atoms with Crippen molar-refractivity contribution >= 4 is 18.7 Å². The minimum absolute atomic E-state index is 0.0349. The van der Waals surface area contributed by atoms with Crippen LogP contribution in [0.5, 0.6) is 0 Å². The van der Waals surface area contributed by atoms with Crippen LogP contribution in [0, 0.1) is 5.92 Å². The maximum Gasteiger partial charge on any atom is 0.316 e. The minimum Gasteiger partial charge on any atom is -0.468 e. The summed E-state index contributed by atoms with van der Waals surface area (Å²) in [5.74, 6) is -1.06. The molecule has 1 aliphatic carbocycles. The monoisotopic (exact) mass is 301 g/mol. The molecule has 2 atom stereocenters. The Morgan fingerprint density at radius 3 is 3.05 bits per heavy atom. The Bertz CT molecular complexity index is 580. The number of allylic oxidation sites excluding steroid dienone is 1. The number of hydrogen-bond donors (Lipinski definition) is 0. The van der Waals surface area contributed by atoms with Crippen LogP contribution in [-0.2, 0) is 25.5 Å². The number of methoxy groups -OCH3 is 1. The number of aliphatic imine (C=N–C) groups is 1. The second-order valence-corrected chi connectivity index (χ2v) is 5.00. The molecule has 2 rings (SSSR count). The minimum atomic E-state index is -0.613. The summed E-state index contributed by atoms with van der Waals surface area (Å²) in [4.78, 5) is 26.3. The average molecular weight is 301 g/mol. The molecule has 0 N–H and O–H groups in total. The SMILES string of the molecule is COC(=O)C(/C=C/C=N[C@@H]1CCc2ccccc21)COC=O. The van der Waals surface area contributed by atoms with E-state index in [-0.39, 0.29) is 12.6 Å². The smallest absolute Gasteiger partial charge is 0.316 e. The number of esters is 1. The third-order valence-electron chi connectivity index (χ3n) is 3.64. The Hall–Kier alpha value is -2.43. The van der Waals surface area contributed by atoms with Gasteiger partial charge >= 0.3 is 5.97 Å². The fourth-order valence-electron chi connectivity index (χ4n) is 2.52. The molecule has 0 saturated carbocycles. The van der Waals surface area contributed by atoms with Gasteiger partial charge in [0, 0.05) is 6.21 Å². The summed E-state index contributed by atoms with van der Waals surface area (Å²) in [5, 5.41) is 0. The predicted octanol–water partition coefficient (Wildman–Crippen LogP) is 2.26. The lowest BCUT2D eigenvalue weighted by Crippen LogP contribution is -2.19. The van der Waals surface area contributed by atoms with Crippen LogP contribution in [0.2, 0.25) is 0 Å². The van der Waals surface area contributed by atoms with Gasteiger partial charge in [-0.2, -0.15) is 0 Å². The normalized spacial score (nSPS) is 18.3. The highest BCUT2D eigenvalue weighted by atomic mass is 16.5. The van der Waals surface area contributed by atoms with Crippen LogP contribution in [-0.4, -0.2) is 32.4 Å². The zero-order valence-electron chi connectivity index (χ0n) is 12.5. The van der Waals surface area contributed by atoms with Crippen molar-refractivity contribution in [2.24, 2.45) is 10.9 Å². The van der Waals surface area contributed by atoms with Crippen LogP contribution < -0.4 is 0 Å². The maximum absolute atomic E-state index is 11.5. The number of rotatable bonds is 7. The quantitative estimate of drug-likeness (QED) is 0.440. The highest BCUT2D eigenvalue weighted by molar-refractivity contribution is 5.78. The lowest BCUT2D eigenvalue weighted by atomic mass is 10.1. The number of carbonyl (C=O) groups excluding carboxylic acids is 2. The first-order valence-electron chi connectivity index (χ1n) is 7.17. The van der Waals surface area contributed by atoms with E-state index in [4.69, 9.17) is 0 Å². The van der Waals surface area contributed by atoms with Gasteiger partial charge in [0.05, 0.1) is 13.2 Å². The highest BCUT2D eigenvalue weighted by Gasteiger charge is 2.20. The largest absolute Gasteiger partial charge is 0.468 e. The number of aryl methyl sites for hydroxylation is 1. The molecule has 0 amide bonds. The van der Waals surface area contributed by atoms with Gasteiger partial charge in [0.25, 0.3) is 6.47 Å². The van der Waals surface area contributed by atoms with Gasteiger partial charge in [-0.15, -0.1) is 0 Å². The fraction of sp³-hybridized carbons (Fsp3) is 0.353. The average Bonchev–Trinajstić information content (AvgIpc) is 2.97. The molecular formula is C17H19NO4. The van der Waals surface area contributed by atoms with Crippen LogP contribution in [0.1, 0.15) is 23.6 Å². The summed E-state index contributed by atoms with van der Waals surface area (Å²) in [5.41, 5.74) is 2.61. The predicted molar refractivity (Wildman–Crippen MR) is 82.7 cm³/mol. The van der Waals surface area contributed by atoms with Gasteiger partial charge in [0.1, 0.15) is 12.5 Å². The maximum atomic E-state index is 11.5. The van der Waals surface area contributed by atoms with Gasteiger partial charge in [-0.1, -0.05) is 30.3 Å². The van der Waals surface area contributed by atoms with Gasteiger partial charge in [-0.05, 0) is 30.0 Å². The molecular weight excluding hydrogens is 282 g/mol. The second kappa shape index (κ2) is 8.12. The van der Waals surface area contributed by atoms with Crippen molar-refractivity contribution in [2.75, 3.05) is 13.7 Å². The summed E-state index contributed by atoms with van der Waals surface area (Å²) in [6.45, 7) is 0.278. The molecule has 1 aromatic carbocycles. The molecule has 0 aliphatic heterocycles. The topological polar surface area (TPSA) is 65.0 Å². The number of ether oxygens (including phenoxy) is 2. The van der Waals surface area contributed by atoms with Gasteiger partial charge < -0.3 is 9.47 Å². The lowest BCUT2D eigenvalue weighted by Gasteiger charge is -2.08. The number of benzene rings is 1. The third kappa shape index (κ3) is 4.04. The van der Waals surface area contributed by atoms with Crippen molar-refractivity contribution in [3.05, 3.63) is 47.5 Å². The van der Waals surface area contributed by atoms with E-state index in [2.05, 4.69) is 26.6 Å². The van der Waals surface area contributed by atoms with Crippen LogP contribution in [0.15, 0.2) is 41.4 Å². The van der Waals surface area contributed by atoms with Crippen molar-refractivity contribution in [2.45, 2.75) is 18.9 Å². The van der Waals surface area contributed by atoms with Crippen molar-refractivity contribution in [3.8, 4) is 0 Å². The number of hydrogen-bond acceptors (Lipinski definition) is 5. The standard InChI is InChI=1S/C17H19NO4/c1-21-17(20)14(11-22-12-19)6-4-10-18-16-9-8-13-5-2-3-7-15(13)16/h2-7,10,12,14,16H,8-9,11H2,1H3/b6-4+,18-10?/t14?,16-/m1/s1. The molecule has 5 heteroatoms. The Morgan fingerprint density at radius 2 is 2.27 bits per heavy atom. The molecule has 0 fully saturated rings. The number of nitrogens with zero attached hydrogens (tertiary/aromatic N) is 1. The van der Waals surface area contributed by atoms with E-state index in [1.165, 1.54) is 18.2 Å². The Balaban J connectivity index is 1.95. The molecule has 1 aliphatic rings. The summed E-state index contributed by atoms with van der Waals surface area (Å²) >= 11 is 0. The van der Waals surface area contributed by atoms with Crippen LogP contribution >= 0.6 is 0 Å². The van der Waals surface area contributed by atoms with Crippen molar-refractivity contribution in [3.63, 3.8) is 0 Å². The van der Waals surface area contributed by atoms with E-state index in [9.17, 15) is 9.59 Å². The molecule has 5 nitrogen and oxygen atoms in total. The van der Waals surface area contributed by atoms with E-state index in [0.29, 0.717) is 6.47 Å². The molecule has 0 bridgehead atoms. The lowest BCUT2D eigenvalue weighted by molar-refractivity contribution is -0.146. The zero-order chi connectivity index (χ0) is 15.8. The Kier molecular flexibility index (Phi) is 5.89. The van der Waals surface area contributed by atoms with Crippen LogP contribution in [0.4, 0.5) is 0 Å². The van der Waals surface area contributed by atoms with Crippen molar-refractivity contribution in [1.29, 1.82) is 0 Å². The highest BCUT2D eigenvalue weighted by Crippen LogP contribution is 2.33. The molecule has 0 heterocycles. The Labute approximate surface area is 129 Å². The summed E-state index contributed by atoms with van der Waals surface area (Å²) in [6, 6.07) is 8.46. The molecule has 0 spiro atoms. The van der Waals surface area contributed by atoms with Gasteiger partial charge in [0.15, 0.2) is 0 Å². The van der Waals surface area contributed by atoms with Gasteiger partial charge in [-0.3, -0.25) is 14.6 Å². The summed E-state index contributed by atoms with van der Waals surface area (Å²) in [6.07, 6.45) is 7.04. The molecule has 1 unspecified atom stereocenters. The van der Waals surface area contributed by atoms with Crippen LogP contribution in [0.25, 0.3) is 0 Å². The van der Waals surface area contributed by atoms with Gasteiger partial charge in [0.2, 0.25) is 0 Å². The first kappa shape index (κ1) is 15.9. The van der Waals surface area contributed by atoms with Crippen molar-refractivity contribution < 1.29 is 19.1 Å². The first-order valence-corrected chi connectivity index (χ1v) is 7.17. The van der Waals surface area contributed by atoms with E-state index in [1.54, 1.807) is 18.4 Å². The van der Waals surface area contributed by atoms with Crippen LogP contribution in [0.3, 0.4) is 0 Å². The van der Waals surface area contributed by atoms with Crippen molar-refractivity contribution in [1.82, 2.24) is 0 Å². The summed E-state index contributed by atoms with van der Waals surface area (Å²) in [7, 11) is 1.30. The molecule has 0 aromatic heterocycles. The van der Waals surface area contributed by atoms with E-state index < -0.39 is 11.9 Å². The zero-order valence-corrected chi connectivity index (χ0v) is 12.5. The molecule has 1 aromatic rings. The summed E-state index contributed by atoms with van der Waals surface area (Å²) < 4.78 is 9.27. The molecule has 116 valence electrons.